The monoisotopic (exact) mass is 600 g/mol. The first kappa shape index (κ1) is 30.0. The maximum absolute atomic E-state index is 13.8. The molecule has 0 atom stereocenters. The van der Waals surface area contributed by atoms with E-state index in [0.717, 1.165) is 22.4 Å². The van der Waals surface area contributed by atoms with Crippen molar-refractivity contribution in [3.63, 3.8) is 0 Å². The van der Waals surface area contributed by atoms with Crippen LogP contribution in [0.5, 0.6) is 17.2 Å². The van der Waals surface area contributed by atoms with E-state index >= 15 is 0 Å². The number of H-pyrrole nitrogens is 2. The molecule has 6 aromatic rings. The molecular weight excluding hydrogens is 583 g/mol. The third kappa shape index (κ3) is 6.51. The van der Waals surface area contributed by atoms with E-state index < -0.39 is 56.1 Å². The van der Waals surface area contributed by atoms with Gasteiger partial charge in [0, 0.05) is 35.3 Å². The summed E-state index contributed by atoms with van der Waals surface area (Å²) >= 11 is 0. The Morgan fingerprint density at radius 3 is 1.77 bits per heavy atom. The van der Waals surface area contributed by atoms with Crippen LogP contribution in [0.2, 0.25) is 0 Å². The van der Waals surface area contributed by atoms with E-state index in [2.05, 4.69) is 9.97 Å². The molecule has 0 aliphatic heterocycles. The van der Waals surface area contributed by atoms with Crippen LogP contribution in [-0.4, -0.2) is 24.9 Å². The summed E-state index contributed by atoms with van der Waals surface area (Å²) in [7, 11) is 0. The van der Waals surface area contributed by atoms with Gasteiger partial charge in [0.25, 0.3) is 0 Å². The van der Waals surface area contributed by atoms with Crippen LogP contribution in [0.15, 0.2) is 85.2 Å². The topological polar surface area (TPSA) is 147 Å². The van der Waals surface area contributed by atoms with Gasteiger partial charge in [-0.1, -0.05) is 24.3 Å². The Labute approximate surface area is 236 Å². The largest absolute Gasteiger partial charge is 0.506 e. The highest BCUT2D eigenvalue weighted by Crippen LogP contribution is 2.37. The van der Waals surface area contributed by atoms with E-state index in [0.29, 0.717) is 29.5 Å². The number of phenols is 1. The van der Waals surface area contributed by atoms with Crippen molar-refractivity contribution in [1.29, 1.82) is 0 Å². The Morgan fingerprint density at radius 1 is 0.628 bits per heavy atom. The molecule has 0 aliphatic rings. The third-order valence-corrected chi connectivity index (χ3v) is 5.76. The molecule has 220 valence electrons. The Morgan fingerprint density at radius 2 is 1.16 bits per heavy atom. The highest BCUT2D eigenvalue weighted by Gasteiger charge is 2.25. The molecule has 6 rings (SSSR count). The van der Waals surface area contributed by atoms with E-state index in [1.807, 2.05) is 24.4 Å². The minimum Gasteiger partial charge on any atom is -0.506 e. The van der Waals surface area contributed by atoms with Gasteiger partial charge in [-0.05, 0) is 36.4 Å². The number of nitro benzene ring substituents is 2. The number of aromatic amines is 2. The number of benzene rings is 4. The van der Waals surface area contributed by atoms with Gasteiger partial charge in [0.05, 0.1) is 20.9 Å². The third-order valence-electron chi connectivity index (χ3n) is 5.76. The molecule has 2 aromatic heterocycles. The molecular formula is C28H17F5N4O6. The fraction of sp³-hybridized carbons (Fsp3) is 0. The minimum atomic E-state index is -1.83. The number of hydrogen-bond donors (Lipinski definition) is 3. The molecule has 0 saturated carbocycles. The number of aromatic hydroxyl groups is 1. The van der Waals surface area contributed by atoms with Crippen molar-refractivity contribution >= 4 is 33.2 Å². The first-order chi connectivity index (χ1) is 20.5. The number of fused-ring (bicyclic) bond motifs is 2. The average Bonchev–Trinajstić information content (AvgIpc) is 3.66. The smallest absolute Gasteiger partial charge is 0.314 e. The van der Waals surface area contributed by atoms with Gasteiger partial charge in [-0.25, -0.2) is 13.2 Å². The van der Waals surface area contributed by atoms with Gasteiger partial charge in [0.2, 0.25) is 23.2 Å². The number of phenolic OH excluding ortho intramolecular Hbond substituents is 1. The van der Waals surface area contributed by atoms with E-state index in [4.69, 9.17) is 4.74 Å². The van der Waals surface area contributed by atoms with Gasteiger partial charge in [0.1, 0.15) is 5.75 Å². The maximum Gasteiger partial charge on any atom is 0.314 e. The Kier molecular flexibility index (Phi) is 8.84. The molecule has 4 aromatic carbocycles. The first-order valence-electron chi connectivity index (χ1n) is 11.9. The lowest BCUT2D eigenvalue weighted by Crippen LogP contribution is -1.98. The second-order valence-electron chi connectivity index (χ2n) is 8.44. The molecule has 0 saturated heterocycles. The van der Waals surface area contributed by atoms with Crippen molar-refractivity contribution in [3.05, 3.63) is 135 Å². The fourth-order valence-electron chi connectivity index (χ4n) is 3.74. The summed E-state index contributed by atoms with van der Waals surface area (Å²) in [5.41, 5.74) is -0.371. The van der Waals surface area contributed by atoms with Gasteiger partial charge in [-0.15, -0.1) is 0 Å². The van der Waals surface area contributed by atoms with Crippen LogP contribution < -0.4 is 4.74 Å². The Hall–Kier alpha value is -5.99. The maximum atomic E-state index is 13.8. The quantitative estimate of drug-likeness (QED) is 0.0808. The van der Waals surface area contributed by atoms with Crippen LogP contribution in [0.25, 0.3) is 21.8 Å². The number of hydrogen-bond acceptors (Lipinski definition) is 6. The lowest BCUT2D eigenvalue weighted by Gasteiger charge is -2.08. The molecule has 0 spiro atoms. The number of nitrogens with zero attached hydrogens (tertiary/aromatic N) is 2. The second kappa shape index (κ2) is 12.7. The van der Waals surface area contributed by atoms with Crippen molar-refractivity contribution in [3.8, 4) is 17.2 Å². The lowest BCUT2D eigenvalue weighted by atomic mass is 10.2. The summed E-state index contributed by atoms with van der Waals surface area (Å²) in [5, 5.41) is 31.9. The van der Waals surface area contributed by atoms with Crippen LogP contribution in [0.3, 0.4) is 0 Å². The lowest BCUT2D eigenvalue weighted by molar-refractivity contribution is -0.387. The van der Waals surface area contributed by atoms with Crippen molar-refractivity contribution in [2.45, 2.75) is 0 Å². The Bertz CT molecular complexity index is 1960. The van der Waals surface area contributed by atoms with Gasteiger partial charge < -0.3 is 19.8 Å². The number of nitro groups is 2. The molecule has 0 radical (unpaired) electrons. The fourth-order valence-corrected chi connectivity index (χ4v) is 3.74. The number of para-hydroxylation sites is 2. The van der Waals surface area contributed by atoms with Gasteiger partial charge in [0.15, 0.2) is 17.4 Å². The van der Waals surface area contributed by atoms with Gasteiger partial charge in [-0.2, -0.15) is 8.78 Å². The number of nitrogens with one attached hydrogen (secondary N) is 2. The van der Waals surface area contributed by atoms with Gasteiger partial charge >= 0.3 is 11.4 Å². The molecule has 15 heteroatoms. The minimum absolute atomic E-state index is 0.171. The molecule has 0 bridgehead atoms. The molecule has 0 unspecified atom stereocenters. The zero-order valence-corrected chi connectivity index (χ0v) is 21.4. The highest BCUT2D eigenvalue weighted by atomic mass is 19.2. The SMILES string of the molecule is O=[N+]([O-])c1ccc(F)c(F)c1F.O=[N+]([O-])c1ccc(F)c(F)c1Oc1cccc2cc[nH]c12.Oc1cccc2cc[nH]c12. The van der Waals surface area contributed by atoms with Gasteiger partial charge in [-0.3, -0.25) is 20.2 Å². The number of ether oxygens (including phenoxy) is 1. The molecule has 43 heavy (non-hydrogen) atoms. The summed E-state index contributed by atoms with van der Waals surface area (Å²) in [6, 6.07) is 16.7. The zero-order chi connectivity index (χ0) is 31.3. The molecule has 0 aliphatic carbocycles. The normalized spacial score (nSPS) is 10.4. The number of rotatable bonds is 4. The van der Waals surface area contributed by atoms with E-state index in [-0.39, 0.29) is 5.75 Å². The van der Waals surface area contributed by atoms with Crippen LogP contribution >= 0.6 is 0 Å². The van der Waals surface area contributed by atoms with Crippen LogP contribution in [0.4, 0.5) is 33.3 Å². The summed E-state index contributed by atoms with van der Waals surface area (Å²) in [6.07, 6.45) is 3.46. The molecule has 0 fully saturated rings. The van der Waals surface area contributed by atoms with Crippen molar-refractivity contribution < 1.29 is 41.6 Å². The first-order valence-corrected chi connectivity index (χ1v) is 11.9. The van der Waals surface area contributed by atoms with Crippen molar-refractivity contribution in [2.24, 2.45) is 0 Å². The van der Waals surface area contributed by atoms with Crippen molar-refractivity contribution in [1.82, 2.24) is 9.97 Å². The number of halogens is 5. The number of aromatic nitrogens is 2. The molecule has 2 heterocycles. The standard InChI is InChI=1S/C14H8F2N2O3.C8H7NO.C6H2F3NO2/c15-9-4-5-10(18(19)20)14(12(9)16)21-11-3-1-2-8-6-7-17-13(8)11;10-7-3-1-2-6-4-5-9-8(6)7;7-3-1-2-4(10(11)12)6(9)5(3)8/h1-7,17H;1-5,9-10H;1-2H. The van der Waals surface area contributed by atoms with Crippen LogP contribution in [0, 0.1) is 49.3 Å². The Balaban J connectivity index is 0.000000162. The highest BCUT2D eigenvalue weighted by molar-refractivity contribution is 5.85. The molecule has 3 N–H and O–H groups in total. The van der Waals surface area contributed by atoms with E-state index in [9.17, 15) is 47.3 Å². The second-order valence-corrected chi connectivity index (χ2v) is 8.44. The predicted molar refractivity (Wildman–Crippen MR) is 144 cm³/mol. The van der Waals surface area contributed by atoms with Crippen LogP contribution in [0.1, 0.15) is 0 Å². The predicted octanol–water partition coefficient (Wildman–Crippen LogP) is 8.03. The summed E-state index contributed by atoms with van der Waals surface area (Å²) in [6.45, 7) is 0. The molecule has 0 amide bonds. The van der Waals surface area contributed by atoms with Crippen LogP contribution in [-0.2, 0) is 0 Å². The van der Waals surface area contributed by atoms with E-state index in [1.165, 1.54) is 6.07 Å². The summed E-state index contributed by atoms with van der Waals surface area (Å²) in [4.78, 5) is 24.7. The van der Waals surface area contributed by atoms with E-state index in [1.54, 1.807) is 30.5 Å². The summed E-state index contributed by atoms with van der Waals surface area (Å²) in [5.74, 6) is -7.93. The zero-order valence-electron chi connectivity index (χ0n) is 21.4. The summed E-state index contributed by atoms with van der Waals surface area (Å²) < 4.78 is 69.3. The molecule has 10 nitrogen and oxygen atoms in total. The average molecular weight is 600 g/mol. The van der Waals surface area contributed by atoms with Crippen molar-refractivity contribution in [2.75, 3.05) is 0 Å².